The fourth-order valence-corrected chi connectivity index (χ4v) is 2.25. The lowest BCUT2D eigenvalue weighted by molar-refractivity contribution is -0.123. The van der Waals surface area contributed by atoms with Gasteiger partial charge in [0.15, 0.2) is 18.1 Å². The van der Waals surface area contributed by atoms with Crippen LogP contribution in [0.2, 0.25) is 0 Å². The van der Waals surface area contributed by atoms with Gasteiger partial charge in [0.1, 0.15) is 11.5 Å². The molecule has 28 heavy (non-hydrogen) atoms. The number of benzene rings is 2. The highest BCUT2D eigenvalue weighted by molar-refractivity contribution is 5.83. The van der Waals surface area contributed by atoms with Gasteiger partial charge >= 0.3 is 0 Å². The van der Waals surface area contributed by atoms with E-state index < -0.39 is 0 Å². The van der Waals surface area contributed by atoms with Crippen LogP contribution in [0.5, 0.6) is 23.0 Å². The van der Waals surface area contributed by atoms with E-state index in [4.69, 9.17) is 18.9 Å². The van der Waals surface area contributed by atoms with E-state index in [0.717, 1.165) is 17.7 Å². The molecule has 0 aliphatic heterocycles. The Balaban J connectivity index is 1.82. The average molecular weight is 386 g/mol. The van der Waals surface area contributed by atoms with Crippen molar-refractivity contribution in [3.8, 4) is 23.0 Å². The lowest BCUT2D eigenvalue weighted by Gasteiger charge is -2.10. The van der Waals surface area contributed by atoms with Gasteiger partial charge in [0.05, 0.1) is 26.5 Å². The minimum Gasteiger partial charge on any atom is -0.494 e. The van der Waals surface area contributed by atoms with Gasteiger partial charge in [-0.25, -0.2) is 5.43 Å². The Bertz CT molecular complexity index is 775. The molecule has 1 amide bonds. The molecule has 0 fully saturated rings. The molecule has 7 nitrogen and oxygen atoms in total. The third kappa shape index (κ3) is 6.83. The number of nitrogens with one attached hydrogen (secondary N) is 1. The smallest absolute Gasteiger partial charge is 0.277 e. The average Bonchev–Trinajstić information content (AvgIpc) is 2.72. The number of amides is 1. The molecule has 2 aromatic carbocycles. The van der Waals surface area contributed by atoms with Gasteiger partial charge in [0, 0.05) is 0 Å². The van der Waals surface area contributed by atoms with E-state index in [2.05, 4.69) is 10.5 Å². The van der Waals surface area contributed by atoms with E-state index in [-0.39, 0.29) is 12.5 Å². The minimum atomic E-state index is -0.361. The SMILES string of the molecule is CCCOc1ccc(/C=N/NC(=O)COc2ccc(OCC)cc2)cc1OC. The van der Waals surface area contributed by atoms with Gasteiger partial charge in [-0.15, -0.1) is 0 Å². The molecule has 0 aromatic heterocycles. The van der Waals surface area contributed by atoms with Crippen LogP contribution in [0.25, 0.3) is 0 Å². The normalized spacial score (nSPS) is 10.5. The molecule has 0 saturated heterocycles. The first kappa shape index (κ1) is 21.1. The second-order valence-corrected chi connectivity index (χ2v) is 5.75. The van der Waals surface area contributed by atoms with E-state index in [0.29, 0.717) is 30.5 Å². The number of rotatable bonds is 11. The Morgan fingerprint density at radius 2 is 1.71 bits per heavy atom. The van der Waals surface area contributed by atoms with E-state index in [1.807, 2.05) is 26.0 Å². The van der Waals surface area contributed by atoms with Crippen LogP contribution < -0.4 is 24.4 Å². The van der Waals surface area contributed by atoms with Gasteiger partial charge in [-0.05, 0) is 61.4 Å². The van der Waals surface area contributed by atoms with Crippen LogP contribution in [-0.2, 0) is 4.79 Å². The summed E-state index contributed by atoms with van der Waals surface area (Å²) >= 11 is 0. The molecular weight excluding hydrogens is 360 g/mol. The van der Waals surface area contributed by atoms with Crippen molar-refractivity contribution in [2.75, 3.05) is 26.9 Å². The molecule has 0 bridgehead atoms. The Hall–Kier alpha value is -3.22. The van der Waals surface area contributed by atoms with Crippen molar-refractivity contribution in [1.82, 2.24) is 5.43 Å². The summed E-state index contributed by atoms with van der Waals surface area (Å²) in [6, 6.07) is 12.5. The monoisotopic (exact) mass is 386 g/mol. The molecule has 0 saturated carbocycles. The van der Waals surface area contributed by atoms with Gasteiger partial charge in [0.2, 0.25) is 0 Å². The van der Waals surface area contributed by atoms with E-state index in [1.54, 1.807) is 37.4 Å². The predicted octanol–water partition coefficient (Wildman–Crippen LogP) is 3.41. The van der Waals surface area contributed by atoms with Gasteiger partial charge in [-0.1, -0.05) is 6.92 Å². The fourth-order valence-electron chi connectivity index (χ4n) is 2.25. The number of carbonyl (C=O) groups is 1. The predicted molar refractivity (Wildman–Crippen MR) is 108 cm³/mol. The van der Waals surface area contributed by atoms with Crippen molar-refractivity contribution in [1.29, 1.82) is 0 Å². The summed E-state index contributed by atoms with van der Waals surface area (Å²) in [6.07, 6.45) is 2.44. The third-order valence-electron chi connectivity index (χ3n) is 3.56. The molecule has 0 heterocycles. The number of hydrogen-bond donors (Lipinski definition) is 1. The molecule has 0 aliphatic carbocycles. The van der Waals surface area contributed by atoms with Crippen LogP contribution in [0.15, 0.2) is 47.6 Å². The molecule has 7 heteroatoms. The summed E-state index contributed by atoms with van der Waals surface area (Å²) in [5.41, 5.74) is 3.20. The standard InChI is InChI=1S/C21H26N2O5/c1-4-12-27-19-11-6-16(13-20(19)25-3)14-22-23-21(24)15-28-18-9-7-17(8-10-18)26-5-2/h6-11,13-14H,4-5,12,15H2,1-3H3,(H,23,24)/b22-14+. The zero-order chi connectivity index (χ0) is 20.2. The highest BCUT2D eigenvalue weighted by Crippen LogP contribution is 2.27. The van der Waals surface area contributed by atoms with Crippen molar-refractivity contribution in [3.05, 3.63) is 48.0 Å². The Morgan fingerprint density at radius 3 is 2.36 bits per heavy atom. The number of hydrazone groups is 1. The second-order valence-electron chi connectivity index (χ2n) is 5.75. The first-order valence-electron chi connectivity index (χ1n) is 9.14. The largest absolute Gasteiger partial charge is 0.494 e. The van der Waals surface area contributed by atoms with Crippen molar-refractivity contribution in [2.24, 2.45) is 5.10 Å². The van der Waals surface area contributed by atoms with Crippen LogP contribution in [0.3, 0.4) is 0 Å². The Kier molecular flexibility index (Phi) is 8.65. The zero-order valence-corrected chi connectivity index (χ0v) is 16.4. The van der Waals surface area contributed by atoms with Crippen LogP contribution in [-0.4, -0.2) is 39.1 Å². The lowest BCUT2D eigenvalue weighted by atomic mass is 10.2. The molecule has 1 N–H and O–H groups in total. The van der Waals surface area contributed by atoms with E-state index in [1.165, 1.54) is 6.21 Å². The molecule has 2 aromatic rings. The van der Waals surface area contributed by atoms with Crippen LogP contribution in [0, 0.1) is 0 Å². The summed E-state index contributed by atoms with van der Waals surface area (Å²) in [6.45, 7) is 5.03. The summed E-state index contributed by atoms with van der Waals surface area (Å²) in [5.74, 6) is 2.26. The number of hydrogen-bond acceptors (Lipinski definition) is 6. The van der Waals surface area contributed by atoms with Gasteiger partial charge in [-0.3, -0.25) is 4.79 Å². The van der Waals surface area contributed by atoms with Crippen molar-refractivity contribution in [3.63, 3.8) is 0 Å². The highest BCUT2D eigenvalue weighted by atomic mass is 16.5. The fraction of sp³-hybridized carbons (Fsp3) is 0.333. The third-order valence-corrected chi connectivity index (χ3v) is 3.56. The topological polar surface area (TPSA) is 78.4 Å². The summed E-state index contributed by atoms with van der Waals surface area (Å²) in [4.78, 5) is 11.9. The first-order valence-corrected chi connectivity index (χ1v) is 9.14. The molecular formula is C21H26N2O5. The quantitative estimate of drug-likeness (QED) is 0.473. The van der Waals surface area contributed by atoms with Crippen LogP contribution in [0.1, 0.15) is 25.8 Å². The number of nitrogens with zero attached hydrogens (tertiary/aromatic N) is 1. The Morgan fingerprint density at radius 1 is 1.00 bits per heavy atom. The van der Waals surface area contributed by atoms with Crippen molar-refractivity contribution >= 4 is 12.1 Å². The minimum absolute atomic E-state index is 0.140. The molecule has 150 valence electrons. The van der Waals surface area contributed by atoms with Crippen molar-refractivity contribution in [2.45, 2.75) is 20.3 Å². The van der Waals surface area contributed by atoms with Crippen LogP contribution in [0.4, 0.5) is 0 Å². The van der Waals surface area contributed by atoms with Gasteiger partial charge in [-0.2, -0.15) is 5.10 Å². The summed E-state index contributed by atoms with van der Waals surface area (Å²) in [5, 5.41) is 3.94. The van der Waals surface area contributed by atoms with Gasteiger partial charge < -0.3 is 18.9 Å². The van der Waals surface area contributed by atoms with E-state index >= 15 is 0 Å². The first-order chi connectivity index (χ1) is 13.7. The molecule has 0 atom stereocenters. The van der Waals surface area contributed by atoms with E-state index in [9.17, 15) is 4.79 Å². The summed E-state index contributed by atoms with van der Waals surface area (Å²) in [7, 11) is 1.58. The maximum absolute atomic E-state index is 11.9. The molecule has 0 aliphatic rings. The maximum atomic E-state index is 11.9. The molecule has 0 unspecified atom stereocenters. The highest BCUT2D eigenvalue weighted by Gasteiger charge is 2.05. The number of carbonyl (C=O) groups excluding carboxylic acids is 1. The Labute approximate surface area is 165 Å². The molecule has 0 radical (unpaired) electrons. The zero-order valence-electron chi connectivity index (χ0n) is 16.4. The van der Waals surface area contributed by atoms with Crippen LogP contribution >= 0.6 is 0 Å². The number of methoxy groups -OCH3 is 1. The molecule has 2 rings (SSSR count). The summed E-state index contributed by atoms with van der Waals surface area (Å²) < 4.78 is 21.7. The van der Waals surface area contributed by atoms with Gasteiger partial charge in [0.25, 0.3) is 5.91 Å². The maximum Gasteiger partial charge on any atom is 0.277 e. The second kappa shape index (κ2) is 11.5. The number of ether oxygens (including phenoxy) is 4. The van der Waals surface area contributed by atoms with Crippen molar-refractivity contribution < 1.29 is 23.7 Å². The molecule has 0 spiro atoms. The lowest BCUT2D eigenvalue weighted by Crippen LogP contribution is -2.24.